The lowest BCUT2D eigenvalue weighted by molar-refractivity contribution is 0.0926. The Morgan fingerprint density at radius 1 is 0.789 bits per heavy atom. The lowest BCUT2D eigenvalue weighted by Crippen LogP contribution is -2.35. The fraction of sp³-hybridized carbons (Fsp3) is 0.267. The van der Waals surface area contributed by atoms with Gasteiger partial charge in [0.05, 0.1) is 33.9 Å². The van der Waals surface area contributed by atoms with Crippen LogP contribution in [0.25, 0.3) is 0 Å². The highest BCUT2D eigenvalue weighted by molar-refractivity contribution is 6.35. The van der Waals surface area contributed by atoms with Crippen LogP contribution in [0.1, 0.15) is 63.9 Å². The average Bonchev–Trinajstić information content (AvgIpc) is 3.12. The van der Waals surface area contributed by atoms with Crippen LogP contribution in [0.15, 0.2) is 65.8 Å². The number of hydrogen-bond donors (Lipinski definition) is 1. The van der Waals surface area contributed by atoms with Crippen LogP contribution in [0.2, 0.25) is 0 Å². The van der Waals surface area contributed by atoms with E-state index in [2.05, 4.69) is 0 Å². The van der Waals surface area contributed by atoms with Gasteiger partial charge >= 0.3 is 6.03 Å². The van der Waals surface area contributed by atoms with Gasteiger partial charge in [0.1, 0.15) is 0 Å². The molecule has 1 fully saturated rings. The zero-order valence-corrected chi connectivity index (χ0v) is 21.5. The van der Waals surface area contributed by atoms with Gasteiger partial charge in [0.25, 0.3) is 11.8 Å². The van der Waals surface area contributed by atoms with E-state index in [1.54, 1.807) is 48.3 Å². The summed E-state index contributed by atoms with van der Waals surface area (Å²) in [6.07, 6.45) is 5.30. The molecule has 0 aromatic heterocycles. The van der Waals surface area contributed by atoms with Gasteiger partial charge in [-0.1, -0.05) is 31.4 Å². The number of carbonyl (C=O) groups is 3. The second kappa shape index (κ2) is 9.13. The first-order valence-electron chi connectivity index (χ1n) is 13.0. The summed E-state index contributed by atoms with van der Waals surface area (Å²) < 4.78 is 0. The number of fused-ring (bicyclic) bond motifs is 2. The molecule has 2 heterocycles. The summed E-state index contributed by atoms with van der Waals surface area (Å²) in [5, 5.41) is 6.22. The topological polar surface area (TPSA) is 99.3 Å². The number of benzene rings is 3. The van der Waals surface area contributed by atoms with Gasteiger partial charge in [-0.05, 0) is 73.9 Å². The molecule has 4 amide bonds. The van der Waals surface area contributed by atoms with Crippen LogP contribution in [-0.2, 0) is 0 Å². The molecule has 2 aliphatic heterocycles. The van der Waals surface area contributed by atoms with Crippen molar-refractivity contribution < 1.29 is 14.4 Å². The van der Waals surface area contributed by atoms with Crippen LogP contribution in [0.3, 0.4) is 0 Å². The molecule has 6 rings (SSSR count). The van der Waals surface area contributed by atoms with Crippen molar-refractivity contribution in [3.8, 4) is 0 Å². The number of nitrogen functional groups attached to an aromatic ring is 1. The summed E-state index contributed by atoms with van der Waals surface area (Å²) >= 11 is 0. The Labute approximate surface area is 221 Å². The number of urea groups is 1. The number of nitrogens with zero attached hydrogens (tertiary/aromatic N) is 4. The third-order valence-corrected chi connectivity index (χ3v) is 7.74. The molecule has 8 heteroatoms. The number of aryl methyl sites for hydroxylation is 1. The van der Waals surface area contributed by atoms with Crippen molar-refractivity contribution in [3.63, 3.8) is 0 Å². The van der Waals surface area contributed by atoms with E-state index in [-0.39, 0.29) is 23.8 Å². The van der Waals surface area contributed by atoms with Gasteiger partial charge in [0.15, 0.2) is 0 Å². The van der Waals surface area contributed by atoms with Gasteiger partial charge in [-0.25, -0.2) is 14.7 Å². The normalized spacial score (nSPS) is 17.9. The van der Waals surface area contributed by atoms with E-state index in [9.17, 15) is 14.4 Å². The highest BCUT2D eigenvalue weighted by Gasteiger charge is 2.39. The Kier molecular flexibility index (Phi) is 5.75. The standard InChI is InChI=1S/C30H29N5O3/c1-18-16-26-24(17-25(18)35-28(36)22-10-6-7-11-23(22)29(35)37)27(19-8-4-3-5-9-19)32-33(2)30(38)34(26)21-14-12-20(31)13-15-21/h6-7,10-17,19H,3-5,8-9,31H2,1-2H3. The lowest BCUT2D eigenvalue weighted by atomic mass is 9.82. The number of amides is 4. The summed E-state index contributed by atoms with van der Waals surface area (Å²) in [6.45, 7) is 1.86. The van der Waals surface area contributed by atoms with E-state index < -0.39 is 0 Å². The third kappa shape index (κ3) is 3.75. The highest BCUT2D eigenvalue weighted by atomic mass is 16.2. The van der Waals surface area contributed by atoms with E-state index in [1.807, 2.05) is 31.2 Å². The molecule has 1 aliphatic carbocycles. The zero-order chi connectivity index (χ0) is 26.6. The molecule has 3 aliphatic rings. The van der Waals surface area contributed by atoms with E-state index in [1.165, 1.54) is 16.3 Å². The predicted octanol–water partition coefficient (Wildman–Crippen LogP) is 5.87. The molecule has 3 aromatic carbocycles. The minimum absolute atomic E-state index is 0.168. The summed E-state index contributed by atoms with van der Waals surface area (Å²) in [4.78, 5) is 43.4. The van der Waals surface area contributed by atoms with Crippen LogP contribution in [0.4, 0.5) is 27.5 Å². The fourth-order valence-corrected chi connectivity index (χ4v) is 5.78. The van der Waals surface area contributed by atoms with Gasteiger partial charge in [-0.3, -0.25) is 14.5 Å². The molecule has 0 unspecified atom stereocenters. The Balaban J connectivity index is 1.56. The summed E-state index contributed by atoms with van der Waals surface area (Å²) in [6, 6.07) is 17.5. The van der Waals surface area contributed by atoms with Crippen LogP contribution < -0.4 is 15.5 Å². The van der Waals surface area contributed by atoms with Crippen molar-refractivity contribution in [2.75, 3.05) is 22.6 Å². The SMILES string of the molecule is Cc1cc2c(cc1N1C(=O)c3ccccc3C1=O)C(C1CCCCC1)=NN(C)C(=O)N2c1ccc(N)cc1. The lowest BCUT2D eigenvalue weighted by Gasteiger charge is -2.28. The molecule has 8 nitrogen and oxygen atoms in total. The molecule has 3 aromatic rings. The maximum Gasteiger partial charge on any atom is 0.349 e. The second-order valence-corrected chi connectivity index (χ2v) is 10.2. The van der Waals surface area contributed by atoms with Crippen LogP contribution in [0, 0.1) is 12.8 Å². The number of anilines is 4. The molecular formula is C30H29N5O3. The molecule has 0 radical (unpaired) electrons. The molecule has 0 bridgehead atoms. The Hall–Kier alpha value is -4.46. The second-order valence-electron chi connectivity index (χ2n) is 10.2. The van der Waals surface area contributed by atoms with Gasteiger partial charge in [0, 0.05) is 24.2 Å². The van der Waals surface area contributed by atoms with Gasteiger partial charge in [0.2, 0.25) is 0 Å². The minimum atomic E-state index is -0.345. The first-order chi connectivity index (χ1) is 18.3. The smallest absolute Gasteiger partial charge is 0.349 e. The van der Waals surface area contributed by atoms with Crippen molar-refractivity contribution in [2.45, 2.75) is 39.0 Å². The monoisotopic (exact) mass is 507 g/mol. The van der Waals surface area contributed by atoms with E-state index in [0.717, 1.165) is 37.0 Å². The summed E-state index contributed by atoms with van der Waals surface area (Å²) in [5.74, 6) is -0.522. The number of carbonyl (C=O) groups excluding carboxylic acids is 3. The first kappa shape index (κ1) is 23.9. The van der Waals surface area contributed by atoms with E-state index in [4.69, 9.17) is 10.8 Å². The Morgan fingerprint density at radius 3 is 2.05 bits per heavy atom. The minimum Gasteiger partial charge on any atom is -0.399 e. The highest BCUT2D eigenvalue weighted by Crippen LogP contribution is 2.42. The van der Waals surface area contributed by atoms with Crippen molar-refractivity contribution >= 4 is 46.3 Å². The molecule has 192 valence electrons. The number of hydrogen-bond acceptors (Lipinski definition) is 5. The van der Waals surface area contributed by atoms with Gasteiger partial charge < -0.3 is 5.73 Å². The Morgan fingerprint density at radius 2 is 1.42 bits per heavy atom. The fourth-order valence-electron chi connectivity index (χ4n) is 5.78. The molecule has 38 heavy (non-hydrogen) atoms. The number of imide groups is 1. The number of rotatable bonds is 3. The largest absolute Gasteiger partial charge is 0.399 e. The van der Waals surface area contributed by atoms with E-state index in [0.29, 0.717) is 39.4 Å². The third-order valence-electron chi connectivity index (χ3n) is 7.74. The zero-order valence-electron chi connectivity index (χ0n) is 21.5. The maximum atomic E-state index is 13.7. The van der Waals surface area contributed by atoms with E-state index >= 15 is 0 Å². The van der Waals surface area contributed by atoms with Gasteiger partial charge in [-0.2, -0.15) is 5.10 Å². The first-order valence-corrected chi connectivity index (χ1v) is 13.0. The quantitative estimate of drug-likeness (QED) is 0.354. The number of hydrazone groups is 1. The number of nitrogens with two attached hydrogens (primary N) is 1. The van der Waals surface area contributed by atoms with Crippen molar-refractivity contribution in [3.05, 3.63) is 82.9 Å². The maximum absolute atomic E-state index is 13.7. The van der Waals surface area contributed by atoms with Crippen molar-refractivity contribution in [2.24, 2.45) is 11.0 Å². The van der Waals surface area contributed by atoms with Gasteiger partial charge in [-0.15, -0.1) is 0 Å². The molecule has 2 N–H and O–H groups in total. The molecule has 0 spiro atoms. The van der Waals surface area contributed by atoms with Crippen LogP contribution in [-0.4, -0.2) is 35.6 Å². The molecule has 0 atom stereocenters. The summed E-state index contributed by atoms with van der Waals surface area (Å²) in [5.41, 5.74) is 11.4. The van der Waals surface area contributed by atoms with Crippen LogP contribution >= 0.6 is 0 Å². The molecule has 0 saturated heterocycles. The summed E-state index contributed by atoms with van der Waals surface area (Å²) in [7, 11) is 1.67. The Bertz CT molecular complexity index is 1470. The van der Waals surface area contributed by atoms with Crippen LogP contribution in [0.5, 0.6) is 0 Å². The van der Waals surface area contributed by atoms with Crippen molar-refractivity contribution in [1.29, 1.82) is 0 Å². The molecular weight excluding hydrogens is 478 g/mol. The predicted molar refractivity (Wildman–Crippen MR) is 148 cm³/mol. The molecule has 1 saturated carbocycles. The average molecular weight is 508 g/mol. The van der Waals surface area contributed by atoms with Crippen molar-refractivity contribution in [1.82, 2.24) is 5.01 Å².